The Labute approximate surface area is 117 Å². The van der Waals surface area contributed by atoms with E-state index >= 15 is 0 Å². The minimum Gasteiger partial charge on any atom is -0.341 e. The monoisotopic (exact) mass is 267 g/mol. The van der Waals surface area contributed by atoms with Gasteiger partial charge in [0.15, 0.2) is 0 Å². The van der Waals surface area contributed by atoms with Gasteiger partial charge in [-0.2, -0.15) is 5.10 Å². The molecule has 0 amide bonds. The smallest absolute Gasteiger partial charge is 0.111 e. The van der Waals surface area contributed by atoms with E-state index in [1.54, 1.807) is 6.20 Å². The number of nitrogens with zero attached hydrogens (tertiary/aromatic N) is 4. The first-order valence-corrected chi connectivity index (χ1v) is 6.68. The van der Waals surface area contributed by atoms with Crippen LogP contribution >= 0.6 is 0 Å². The Bertz CT molecular complexity index is 723. The van der Waals surface area contributed by atoms with Gasteiger partial charge in [-0.1, -0.05) is 6.07 Å². The van der Waals surface area contributed by atoms with E-state index in [0.717, 1.165) is 28.6 Å². The highest BCUT2D eigenvalue weighted by molar-refractivity contribution is 5.61. The Kier molecular flexibility index (Phi) is 3.10. The van der Waals surface area contributed by atoms with Gasteiger partial charge in [0.25, 0.3) is 0 Å². The zero-order valence-corrected chi connectivity index (χ0v) is 11.8. The van der Waals surface area contributed by atoms with E-state index in [-0.39, 0.29) is 0 Å². The SMILES string of the molecule is Cc1ncc(-c2cccc(-c3ccn(C(C)C)n3)n2)[nH]1. The van der Waals surface area contributed by atoms with Gasteiger partial charge in [-0.05, 0) is 39.0 Å². The van der Waals surface area contributed by atoms with Crippen LogP contribution < -0.4 is 0 Å². The third-order valence-corrected chi connectivity index (χ3v) is 3.13. The zero-order chi connectivity index (χ0) is 14.1. The molecule has 0 fully saturated rings. The predicted molar refractivity (Wildman–Crippen MR) is 78.2 cm³/mol. The first-order valence-electron chi connectivity index (χ1n) is 6.68. The van der Waals surface area contributed by atoms with Crippen molar-refractivity contribution in [2.24, 2.45) is 0 Å². The Morgan fingerprint density at radius 2 is 1.90 bits per heavy atom. The lowest BCUT2D eigenvalue weighted by atomic mass is 10.2. The number of nitrogens with one attached hydrogen (secondary N) is 1. The largest absolute Gasteiger partial charge is 0.341 e. The van der Waals surface area contributed by atoms with Gasteiger partial charge in [0, 0.05) is 12.2 Å². The molecule has 0 aliphatic heterocycles. The Hall–Kier alpha value is -2.43. The molecule has 5 heteroatoms. The summed E-state index contributed by atoms with van der Waals surface area (Å²) in [5, 5.41) is 4.55. The van der Waals surface area contributed by atoms with Crippen LogP contribution in [0.4, 0.5) is 0 Å². The van der Waals surface area contributed by atoms with Crippen LogP contribution in [-0.4, -0.2) is 24.7 Å². The van der Waals surface area contributed by atoms with Crippen molar-refractivity contribution in [3.05, 3.63) is 42.5 Å². The van der Waals surface area contributed by atoms with Crippen molar-refractivity contribution >= 4 is 0 Å². The van der Waals surface area contributed by atoms with Crippen molar-refractivity contribution in [2.75, 3.05) is 0 Å². The predicted octanol–water partition coefficient (Wildman–Crippen LogP) is 3.22. The van der Waals surface area contributed by atoms with Gasteiger partial charge in [0.1, 0.15) is 11.5 Å². The first kappa shape index (κ1) is 12.6. The Balaban J connectivity index is 1.98. The van der Waals surface area contributed by atoms with Crippen LogP contribution in [0.3, 0.4) is 0 Å². The number of hydrogen-bond donors (Lipinski definition) is 1. The zero-order valence-electron chi connectivity index (χ0n) is 11.8. The molecule has 0 unspecified atom stereocenters. The van der Waals surface area contributed by atoms with Crippen molar-refractivity contribution in [3.8, 4) is 22.8 Å². The molecule has 102 valence electrons. The van der Waals surface area contributed by atoms with Gasteiger partial charge >= 0.3 is 0 Å². The fourth-order valence-corrected chi connectivity index (χ4v) is 2.04. The lowest BCUT2D eigenvalue weighted by molar-refractivity contribution is 0.534. The molecule has 0 aliphatic carbocycles. The normalized spacial score (nSPS) is 11.2. The third-order valence-electron chi connectivity index (χ3n) is 3.13. The molecule has 0 bridgehead atoms. The molecule has 0 saturated carbocycles. The Morgan fingerprint density at radius 1 is 1.10 bits per heavy atom. The van der Waals surface area contributed by atoms with Crippen LogP contribution in [0.2, 0.25) is 0 Å². The maximum absolute atomic E-state index is 4.65. The summed E-state index contributed by atoms with van der Waals surface area (Å²) in [6.07, 6.45) is 3.78. The van der Waals surface area contributed by atoms with Crippen LogP contribution in [0.25, 0.3) is 22.8 Å². The van der Waals surface area contributed by atoms with E-state index in [9.17, 15) is 0 Å². The van der Waals surface area contributed by atoms with E-state index in [4.69, 9.17) is 0 Å². The van der Waals surface area contributed by atoms with E-state index in [2.05, 4.69) is 33.9 Å². The van der Waals surface area contributed by atoms with Gasteiger partial charge in [-0.3, -0.25) is 4.68 Å². The average Bonchev–Trinajstić information content (AvgIpc) is 3.07. The number of hydrogen-bond acceptors (Lipinski definition) is 3. The fraction of sp³-hybridized carbons (Fsp3) is 0.267. The quantitative estimate of drug-likeness (QED) is 0.792. The minimum absolute atomic E-state index is 0.349. The van der Waals surface area contributed by atoms with Crippen molar-refractivity contribution < 1.29 is 0 Å². The molecule has 3 rings (SSSR count). The summed E-state index contributed by atoms with van der Waals surface area (Å²) in [4.78, 5) is 12.1. The molecule has 0 spiro atoms. The van der Waals surface area contributed by atoms with Crippen molar-refractivity contribution in [1.29, 1.82) is 0 Å². The van der Waals surface area contributed by atoms with Crippen molar-refractivity contribution in [3.63, 3.8) is 0 Å². The Morgan fingerprint density at radius 3 is 2.55 bits per heavy atom. The van der Waals surface area contributed by atoms with Gasteiger partial charge in [-0.15, -0.1) is 0 Å². The summed E-state index contributed by atoms with van der Waals surface area (Å²) >= 11 is 0. The topological polar surface area (TPSA) is 59.4 Å². The number of imidazole rings is 1. The number of H-pyrrole nitrogens is 1. The summed E-state index contributed by atoms with van der Waals surface area (Å²) in [6.45, 7) is 6.14. The van der Waals surface area contributed by atoms with Crippen LogP contribution in [0.5, 0.6) is 0 Å². The molecule has 0 aromatic carbocycles. The third kappa shape index (κ3) is 2.34. The number of rotatable bonds is 3. The van der Waals surface area contributed by atoms with Crippen LogP contribution in [0.15, 0.2) is 36.7 Å². The standard InChI is InChI=1S/C15H17N5/c1-10(2)20-8-7-14(19-20)12-5-4-6-13(18-12)15-9-16-11(3)17-15/h4-10H,1-3H3,(H,16,17). The molecule has 20 heavy (non-hydrogen) atoms. The molecule has 0 radical (unpaired) electrons. The van der Waals surface area contributed by atoms with Crippen molar-refractivity contribution in [2.45, 2.75) is 26.8 Å². The molecular weight excluding hydrogens is 250 g/mol. The molecule has 1 N–H and O–H groups in total. The molecular formula is C15H17N5. The second kappa shape index (κ2) is 4.92. The van der Waals surface area contributed by atoms with E-state index in [1.165, 1.54) is 0 Å². The number of aromatic nitrogens is 5. The second-order valence-corrected chi connectivity index (χ2v) is 5.07. The van der Waals surface area contributed by atoms with Gasteiger partial charge in [0.05, 0.1) is 23.3 Å². The van der Waals surface area contributed by atoms with Crippen LogP contribution in [0, 0.1) is 6.92 Å². The average molecular weight is 267 g/mol. The second-order valence-electron chi connectivity index (χ2n) is 5.07. The molecule has 3 heterocycles. The van der Waals surface area contributed by atoms with E-state index in [1.807, 2.05) is 42.1 Å². The summed E-state index contributed by atoms with van der Waals surface area (Å²) < 4.78 is 1.93. The van der Waals surface area contributed by atoms with Gasteiger partial charge < -0.3 is 4.98 Å². The maximum Gasteiger partial charge on any atom is 0.111 e. The summed E-state index contributed by atoms with van der Waals surface area (Å²) in [5.41, 5.74) is 3.56. The fourth-order valence-electron chi connectivity index (χ4n) is 2.04. The number of pyridine rings is 1. The lowest BCUT2D eigenvalue weighted by Gasteiger charge is -2.04. The highest BCUT2D eigenvalue weighted by Gasteiger charge is 2.08. The number of aromatic amines is 1. The van der Waals surface area contributed by atoms with E-state index in [0.29, 0.717) is 6.04 Å². The molecule has 3 aromatic rings. The van der Waals surface area contributed by atoms with Gasteiger partial charge in [0.2, 0.25) is 0 Å². The summed E-state index contributed by atoms with van der Waals surface area (Å²) in [5.74, 6) is 0.885. The summed E-state index contributed by atoms with van der Waals surface area (Å²) in [7, 11) is 0. The highest BCUT2D eigenvalue weighted by Crippen LogP contribution is 2.20. The first-order chi connectivity index (χ1) is 9.63. The maximum atomic E-state index is 4.65. The molecule has 0 saturated heterocycles. The van der Waals surface area contributed by atoms with Crippen LogP contribution in [0.1, 0.15) is 25.7 Å². The lowest BCUT2D eigenvalue weighted by Crippen LogP contribution is -2.01. The molecule has 0 aliphatic rings. The number of aryl methyl sites for hydroxylation is 1. The highest BCUT2D eigenvalue weighted by atomic mass is 15.3. The van der Waals surface area contributed by atoms with E-state index < -0.39 is 0 Å². The molecule has 5 nitrogen and oxygen atoms in total. The summed E-state index contributed by atoms with van der Waals surface area (Å²) in [6, 6.07) is 8.27. The molecule has 3 aromatic heterocycles. The van der Waals surface area contributed by atoms with Crippen LogP contribution in [-0.2, 0) is 0 Å². The van der Waals surface area contributed by atoms with Crippen molar-refractivity contribution in [1.82, 2.24) is 24.7 Å². The minimum atomic E-state index is 0.349. The van der Waals surface area contributed by atoms with Gasteiger partial charge in [-0.25, -0.2) is 9.97 Å². The molecule has 0 atom stereocenters.